The normalized spacial score (nSPS) is 25.5. The van der Waals surface area contributed by atoms with Crippen LogP contribution in [-0.2, 0) is 12.1 Å². The van der Waals surface area contributed by atoms with Gasteiger partial charge in [-0.3, -0.25) is 0 Å². The fourth-order valence-corrected chi connectivity index (χ4v) is 4.24. The molecule has 2 aromatic carbocycles. The third-order valence-corrected chi connectivity index (χ3v) is 5.71. The Bertz CT molecular complexity index is 719. The predicted molar refractivity (Wildman–Crippen MR) is 110 cm³/mol. The number of methoxy groups -OCH3 is 1. The van der Waals surface area contributed by atoms with E-state index in [1.165, 1.54) is 5.56 Å². The molecule has 146 valence electrons. The van der Waals surface area contributed by atoms with Crippen LogP contribution in [0.3, 0.4) is 0 Å². The Balaban J connectivity index is 1.74. The molecule has 0 radical (unpaired) electrons. The van der Waals surface area contributed by atoms with Crippen LogP contribution in [0.4, 0.5) is 0 Å². The maximum atomic E-state index is 11.7. The van der Waals surface area contributed by atoms with Crippen molar-refractivity contribution < 1.29 is 9.84 Å². The molecule has 4 nitrogen and oxygen atoms in total. The van der Waals surface area contributed by atoms with Crippen molar-refractivity contribution in [1.82, 2.24) is 10.2 Å². The molecular weight excluding hydrogens is 336 g/mol. The molecule has 1 aliphatic rings. The molecule has 1 fully saturated rings. The third kappa shape index (κ3) is 4.89. The number of aliphatic hydroxyl groups is 1. The Kier molecular flexibility index (Phi) is 6.53. The Hall–Kier alpha value is -1.88. The minimum Gasteiger partial charge on any atom is -0.497 e. The highest BCUT2D eigenvalue weighted by atomic mass is 16.5. The third-order valence-electron chi connectivity index (χ3n) is 5.71. The number of benzene rings is 2. The van der Waals surface area contributed by atoms with Gasteiger partial charge in [0.15, 0.2) is 0 Å². The van der Waals surface area contributed by atoms with E-state index in [0.717, 1.165) is 43.7 Å². The van der Waals surface area contributed by atoms with Gasteiger partial charge < -0.3 is 20.1 Å². The minimum atomic E-state index is -0.816. The molecule has 0 spiro atoms. The van der Waals surface area contributed by atoms with Crippen LogP contribution >= 0.6 is 0 Å². The van der Waals surface area contributed by atoms with Crippen LogP contribution < -0.4 is 10.1 Å². The van der Waals surface area contributed by atoms with Gasteiger partial charge in [0.05, 0.1) is 12.7 Å². The van der Waals surface area contributed by atoms with Gasteiger partial charge >= 0.3 is 0 Å². The molecule has 0 saturated heterocycles. The average molecular weight is 369 g/mol. The Labute approximate surface area is 163 Å². The van der Waals surface area contributed by atoms with Crippen LogP contribution in [0.2, 0.25) is 0 Å². The largest absolute Gasteiger partial charge is 0.497 e. The first-order chi connectivity index (χ1) is 13.0. The molecule has 2 N–H and O–H groups in total. The molecule has 1 saturated carbocycles. The smallest absolute Gasteiger partial charge is 0.119 e. The van der Waals surface area contributed by atoms with Gasteiger partial charge in [-0.15, -0.1) is 0 Å². The summed E-state index contributed by atoms with van der Waals surface area (Å²) in [6, 6.07) is 18.8. The first-order valence-corrected chi connectivity index (χ1v) is 9.80. The summed E-state index contributed by atoms with van der Waals surface area (Å²) in [6.07, 6.45) is 2.67. The van der Waals surface area contributed by atoms with Crippen molar-refractivity contribution >= 4 is 0 Å². The van der Waals surface area contributed by atoms with E-state index >= 15 is 0 Å². The SMILES string of the molecule is COc1cccc(C2(O)CCC(NCc3ccccc3)CC2CN(C)C)c1. The molecule has 27 heavy (non-hydrogen) atoms. The van der Waals surface area contributed by atoms with E-state index in [1.54, 1.807) is 7.11 Å². The highest BCUT2D eigenvalue weighted by molar-refractivity contribution is 5.33. The number of nitrogens with zero attached hydrogens (tertiary/aromatic N) is 1. The zero-order chi connectivity index (χ0) is 19.3. The summed E-state index contributed by atoms with van der Waals surface area (Å²) in [4.78, 5) is 2.18. The van der Waals surface area contributed by atoms with Crippen LogP contribution in [0.1, 0.15) is 30.4 Å². The zero-order valence-corrected chi connectivity index (χ0v) is 16.7. The Morgan fingerprint density at radius 2 is 1.93 bits per heavy atom. The quantitative estimate of drug-likeness (QED) is 0.786. The molecule has 0 aromatic heterocycles. The van der Waals surface area contributed by atoms with Crippen molar-refractivity contribution in [3.63, 3.8) is 0 Å². The summed E-state index contributed by atoms with van der Waals surface area (Å²) < 4.78 is 5.38. The van der Waals surface area contributed by atoms with Gasteiger partial charge in [0.2, 0.25) is 0 Å². The van der Waals surface area contributed by atoms with E-state index in [2.05, 4.69) is 48.6 Å². The lowest BCUT2D eigenvalue weighted by Crippen LogP contribution is -2.49. The van der Waals surface area contributed by atoms with Gasteiger partial charge in [0, 0.05) is 25.0 Å². The maximum Gasteiger partial charge on any atom is 0.119 e. The molecule has 4 heteroatoms. The molecule has 3 rings (SSSR count). The summed E-state index contributed by atoms with van der Waals surface area (Å²) in [6.45, 7) is 1.73. The second kappa shape index (κ2) is 8.87. The van der Waals surface area contributed by atoms with Gasteiger partial charge in [-0.1, -0.05) is 42.5 Å². The van der Waals surface area contributed by atoms with Crippen LogP contribution in [0, 0.1) is 5.92 Å². The van der Waals surface area contributed by atoms with E-state index in [1.807, 2.05) is 30.3 Å². The molecule has 0 heterocycles. The molecule has 3 atom stereocenters. The minimum absolute atomic E-state index is 0.168. The Morgan fingerprint density at radius 1 is 1.15 bits per heavy atom. The number of nitrogens with one attached hydrogen (secondary N) is 1. The van der Waals surface area contributed by atoms with E-state index in [4.69, 9.17) is 4.74 Å². The molecule has 1 aliphatic carbocycles. The first-order valence-electron chi connectivity index (χ1n) is 9.80. The van der Waals surface area contributed by atoms with Gasteiger partial charge in [-0.2, -0.15) is 0 Å². The lowest BCUT2D eigenvalue weighted by Gasteiger charge is -2.45. The van der Waals surface area contributed by atoms with Crippen molar-refractivity contribution in [3.8, 4) is 5.75 Å². The first kappa shape index (κ1) is 19.9. The maximum absolute atomic E-state index is 11.7. The van der Waals surface area contributed by atoms with Crippen molar-refractivity contribution in [3.05, 3.63) is 65.7 Å². The van der Waals surface area contributed by atoms with Crippen molar-refractivity contribution in [2.75, 3.05) is 27.7 Å². The van der Waals surface area contributed by atoms with Crippen LogP contribution in [0.25, 0.3) is 0 Å². The van der Waals surface area contributed by atoms with Crippen molar-refractivity contribution in [1.29, 1.82) is 0 Å². The molecule has 0 amide bonds. The number of hydrogen-bond acceptors (Lipinski definition) is 4. The number of rotatable bonds is 7. The monoisotopic (exact) mass is 368 g/mol. The van der Waals surface area contributed by atoms with Crippen molar-refractivity contribution in [2.45, 2.75) is 37.5 Å². The van der Waals surface area contributed by atoms with Crippen molar-refractivity contribution in [2.24, 2.45) is 5.92 Å². The average Bonchev–Trinajstić information content (AvgIpc) is 2.69. The lowest BCUT2D eigenvalue weighted by atomic mass is 9.69. The molecule has 0 bridgehead atoms. The molecule has 3 unspecified atom stereocenters. The summed E-state index contributed by atoms with van der Waals surface area (Å²) in [5.41, 5.74) is 1.45. The van der Waals surface area contributed by atoms with E-state index < -0.39 is 5.60 Å². The highest BCUT2D eigenvalue weighted by Gasteiger charge is 2.43. The van der Waals surface area contributed by atoms with Gasteiger partial charge in [0.1, 0.15) is 5.75 Å². The van der Waals surface area contributed by atoms with Crippen LogP contribution in [-0.4, -0.2) is 43.8 Å². The Morgan fingerprint density at radius 3 is 2.63 bits per heavy atom. The highest BCUT2D eigenvalue weighted by Crippen LogP contribution is 2.43. The van der Waals surface area contributed by atoms with Gasteiger partial charge in [0.25, 0.3) is 0 Å². The predicted octanol–water partition coefficient (Wildman–Crippen LogP) is 3.40. The fraction of sp³-hybridized carbons (Fsp3) is 0.478. The summed E-state index contributed by atoms with van der Waals surface area (Å²) >= 11 is 0. The van der Waals surface area contributed by atoms with Gasteiger partial charge in [-0.25, -0.2) is 0 Å². The van der Waals surface area contributed by atoms with Gasteiger partial charge in [-0.05, 0) is 56.6 Å². The van der Waals surface area contributed by atoms with E-state index in [9.17, 15) is 5.11 Å². The zero-order valence-electron chi connectivity index (χ0n) is 16.7. The summed E-state index contributed by atoms with van der Waals surface area (Å²) in [5, 5.41) is 15.4. The molecular formula is C23H32N2O2. The number of hydrogen-bond donors (Lipinski definition) is 2. The topological polar surface area (TPSA) is 44.7 Å². The van der Waals surface area contributed by atoms with Crippen LogP contribution in [0.5, 0.6) is 5.75 Å². The van der Waals surface area contributed by atoms with E-state index in [0.29, 0.717) is 6.04 Å². The number of ether oxygens (including phenoxy) is 1. The fourth-order valence-electron chi connectivity index (χ4n) is 4.24. The second-order valence-corrected chi connectivity index (χ2v) is 7.95. The standard InChI is InChI=1S/C23H32N2O2/c1-25(2)17-20-14-21(24-16-18-8-5-4-6-9-18)12-13-23(20,26)19-10-7-11-22(15-19)27-3/h4-11,15,20-21,24,26H,12-14,16-17H2,1-3H3. The van der Waals surface area contributed by atoms with E-state index in [-0.39, 0.29) is 5.92 Å². The summed E-state index contributed by atoms with van der Waals surface area (Å²) in [5.74, 6) is 0.968. The molecule has 0 aliphatic heterocycles. The molecule has 2 aromatic rings. The summed E-state index contributed by atoms with van der Waals surface area (Å²) in [7, 11) is 5.82. The lowest BCUT2D eigenvalue weighted by molar-refractivity contribution is -0.0694. The van der Waals surface area contributed by atoms with Crippen LogP contribution in [0.15, 0.2) is 54.6 Å². The second-order valence-electron chi connectivity index (χ2n) is 7.95.